The molecule has 0 atom stereocenters. The zero-order valence-electron chi connectivity index (χ0n) is 16.2. The molecule has 0 saturated carbocycles. The number of nitrogens with one attached hydrogen (secondary N) is 2. The average molecular weight is 441 g/mol. The van der Waals surface area contributed by atoms with Gasteiger partial charge in [0.2, 0.25) is 5.91 Å². The van der Waals surface area contributed by atoms with E-state index in [2.05, 4.69) is 15.0 Å². The van der Waals surface area contributed by atoms with E-state index in [1.165, 1.54) is 12.1 Å². The summed E-state index contributed by atoms with van der Waals surface area (Å²) >= 11 is 1.55. The molecule has 9 heteroatoms. The van der Waals surface area contributed by atoms with Crippen LogP contribution in [0, 0.1) is 0 Å². The van der Waals surface area contributed by atoms with Crippen LogP contribution in [0.5, 0.6) is 0 Å². The number of carbonyl (C=O) groups is 1. The van der Waals surface area contributed by atoms with Gasteiger partial charge in [-0.1, -0.05) is 19.1 Å². The molecule has 154 valence electrons. The van der Waals surface area contributed by atoms with Gasteiger partial charge in [-0.2, -0.15) is 0 Å². The van der Waals surface area contributed by atoms with E-state index in [1.807, 2.05) is 41.2 Å². The number of hydrogen-bond donors (Lipinski definition) is 2. The minimum atomic E-state index is -3.74. The van der Waals surface area contributed by atoms with E-state index in [0.29, 0.717) is 17.8 Å². The third-order valence-electron chi connectivity index (χ3n) is 4.45. The molecule has 0 fully saturated rings. The van der Waals surface area contributed by atoms with Gasteiger partial charge in [0.25, 0.3) is 10.0 Å². The number of hydrogen-bond acceptors (Lipinski definition) is 5. The summed E-state index contributed by atoms with van der Waals surface area (Å²) in [7, 11) is -3.74. The third-order valence-corrected chi connectivity index (χ3v) is 6.62. The smallest absolute Gasteiger partial charge is 0.261 e. The van der Waals surface area contributed by atoms with Gasteiger partial charge in [0, 0.05) is 41.1 Å². The third kappa shape index (κ3) is 4.37. The number of rotatable bonds is 7. The summed E-state index contributed by atoms with van der Waals surface area (Å²) in [6.07, 6.45) is 5.06. The van der Waals surface area contributed by atoms with Crippen LogP contribution in [0.25, 0.3) is 16.2 Å². The number of benzene rings is 2. The lowest BCUT2D eigenvalue weighted by molar-refractivity contribution is -0.116. The molecular weight excluding hydrogens is 420 g/mol. The van der Waals surface area contributed by atoms with Crippen LogP contribution < -0.4 is 10.0 Å². The topological polar surface area (TPSA) is 92.6 Å². The largest absolute Gasteiger partial charge is 0.326 e. The van der Waals surface area contributed by atoms with Gasteiger partial charge in [0.05, 0.1) is 10.6 Å². The highest BCUT2D eigenvalue weighted by atomic mass is 32.2. The Morgan fingerprint density at radius 3 is 2.43 bits per heavy atom. The Morgan fingerprint density at radius 2 is 1.77 bits per heavy atom. The Hall–Kier alpha value is -3.17. The molecule has 4 aromatic rings. The lowest BCUT2D eigenvalue weighted by atomic mass is 10.1. The number of fused-ring (bicyclic) bond motifs is 1. The van der Waals surface area contributed by atoms with Gasteiger partial charge in [0.1, 0.15) is 0 Å². The van der Waals surface area contributed by atoms with Crippen molar-refractivity contribution < 1.29 is 13.2 Å². The van der Waals surface area contributed by atoms with Gasteiger partial charge < -0.3 is 5.32 Å². The number of anilines is 2. The molecule has 0 spiro atoms. The van der Waals surface area contributed by atoms with E-state index in [-0.39, 0.29) is 10.8 Å². The summed E-state index contributed by atoms with van der Waals surface area (Å²) in [4.78, 5) is 17.2. The highest BCUT2D eigenvalue weighted by Crippen LogP contribution is 2.24. The van der Waals surface area contributed by atoms with E-state index in [9.17, 15) is 13.2 Å². The van der Waals surface area contributed by atoms with Gasteiger partial charge in [-0.25, -0.2) is 13.4 Å². The van der Waals surface area contributed by atoms with Crippen molar-refractivity contribution in [1.29, 1.82) is 0 Å². The van der Waals surface area contributed by atoms with Crippen molar-refractivity contribution >= 4 is 43.6 Å². The van der Waals surface area contributed by atoms with E-state index in [4.69, 9.17) is 0 Å². The second kappa shape index (κ2) is 8.29. The van der Waals surface area contributed by atoms with Crippen molar-refractivity contribution in [3.63, 3.8) is 0 Å². The number of aromatic nitrogens is 2. The standard InChI is InChI=1S/C21H20N4O3S2/c1-2-3-20(26)22-16-8-10-18(11-9-16)30(27,28)24-17-6-4-15(5-7-17)19-14-25-12-13-29-21(25)23-19/h4-14,24H,2-3H2,1H3,(H,22,26). The van der Waals surface area contributed by atoms with Crippen LogP contribution in [-0.2, 0) is 14.8 Å². The van der Waals surface area contributed by atoms with Crippen molar-refractivity contribution in [2.45, 2.75) is 24.7 Å². The van der Waals surface area contributed by atoms with E-state index >= 15 is 0 Å². The molecular formula is C21H20N4O3S2. The molecule has 30 heavy (non-hydrogen) atoms. The Labute approximate surface area is 178 Å². The predicted octanol–water partition coefficient (Wildman–Crippen LogP) is 4.60. The minimum Gasteiger partial charge on any atom is -0.326 e. The second-order valence-electron chi connectivity index (χ2n) is 6.72. The predicted molar refractivity (Wildman–Crippen MR) is 119 cm³/mol. The summed E-state index contributed by atoms with van der Waals surface area (Å²) in [5, 5.41) is 4.71. The summed E-state index contributed by atoms with van der Waals surface area (Å²) < 4.78 is 29.9. The van der Waals surface area contributed by atoms with E-state index < -0.39 is 10.0 Å². The lowest BCUT2D eigenvalue weighted by Gasteiger charge is -2.10. The van der Waals surface area contributed by atoms with Gasteiger partial charge >= 0.3 is 0 Å². The van der Waals surface area contributed by atoms with Crippen LogP contribution in [0.15, 0.2) is 71.2 Å². The van der Waals surface area contributed by atoms with Crippen LogP contribution in [0.2, 0.25) is 0 Å². The number of sulfonamides is 1. The van der Waals surface area contributed by atoms with Gasteiger partial charge in [-0.05, 0) is 42.8 Å². The Bertz CT molecular complexity index is 1250. The highest BCUT2D eigenvalue weighted by molar-refractivity contribution is 7.92. The van der Waals surface area contributed by atoms with Crippen LogP contribution in [0.3, 0.4) is 0 Å². The highest BCUT2D eigenvalue weighted by Gasteiger charge is 2.15. The molecule has 0 bridgehead atoms. The van der Waals surface area contributed by atoms with Crippen LogP contribution in [0.4, 0.5) is 11.4 Å². The Kier molecular flexibility index (Phi) is 5.56. The zero-order chi connectivity index (χ0) is 21.1. The fraction of sp³-hybridized carbons (Fsp3) is 0.143. The fourth-order valence-electron chi connectivity index (χ4n) is 2.96. The first-order chi connectivity index (χ1) is 14.4. The molecule has 0 saturated heterocycles. The number of imidazole rings is 1. The van der Waals surface area contributed by atoms with E-state index in [1.54, 1.807) is 35.6 Å². The number of amides is 1. The van der Waals surface area contributed by atoms with Crippen molar-refractivity contribution in [3.05, 3.63) is 66.3 Å². The van der Waals surface area contributed by atoms with Gasteiger partial charge in [-0.15, -0.1) is 11.3 Å². The quantitative estimate of drug-likeness (QED) is 0.439. The number of carbonyl (C=O) groups excluding carboxylic acids is 1. The molecule has 0 aliphatic heterocycles. The van der Waals surface area contributed by atoms with Crippen molar-refractivity contribution in [1.82, 2.24) is 9.38 Å². The monoisotopic (exact) mass is 440 g/mol. The molecule has 2 aromatic heterocycles. The molecule has 2 N–H and O–H groups in total. The Balaban J connectivity index is 1.46. The maximum absolute atomic E-state index is 12.7. The number of nitrogens with zero attached hydrogens (tertiary/aromatic N) is 2. The van der Waals surface area contributed by atoms with Crippen LogP contribution in [0.1, 0.15) is 19.8 Å². The summed E-state index contributed by atoms with van der Waals surface area (Å²) in [5.74, 6) is -0.0936. The van der Waals surface area contributed by atoms with Crippen LogP contribution in [-0.4, -0.2) is 23.7 Å². The fourth-order valence-corrected chi connectivity index (χ4v) is 4.72. The van der Waals surface area contributed by atoms with Crippen molar-refractivity contribution in [3.8, 4) is 11.3 Å². The molecule has 1 amide bonds. The molecule has 7 nitrogen and oxygen atoms in total. The molecule has 0 unspecified atom stereocenters. The summed E-state index contributed by atoms with van der Waals surface area (Å²) in [6.45, 7) is 1.92. The van der Waals surface area contributed by atoms with Crippen LogP contribution >= 0.6 is 11.3 Å². The SMILES string of the molecule is CCCC(=O)Nc1ccc(S(=O)(=O)Nc2ccc(-c3cn4ccsc4n3)cc2)cc1. The Morgan fingerprint density at radius 1 is 1.07 bits per heavy atom. The molecule has 2 heterocycles. The molecule has 0 aliphatic rings. The molecule has 4 rings (SSSR count). The molecule has 0 aliphatic carbocycles. The molecule has 2 aromatic carbocycles. The zero-order valence-corrected chi connectivity index (χ0v) is 17.8. The van der Waals surface area contributed by atoms with E-state index in [0.717, 1.165) is 22.6 Å². The summed E-state index contributed by atoms with van der Waals surface area (Å²) in [6, 6.07) is 13.2. The van der Waals surface area contributed by atoms with Crippen molar-refractivity contribution in [2.24, 2.45) is 0 Å². The minimum absolute atomic E-state index is 0.0936. The normalized spacial score (nSPS) is 11.5. The first-order valence-electron chi connectivity index (χ1n) is 9.40. The summed E-state index contributed by atoms with van der Waals surface area (Å²) in [5.41, 5.74) is 2.76. The number of thiazole rings is 1. The maximum Gasteiger partial charge on any atom is 0.261 e. The second-order valence-corrected chi connectivity index (χ2v) is 9.28. The average Bonchev–Trinajstić information content (AvgIpc) is 3.31. The molecule has 0 radical (unpaired) electrons. The lowest BCUT2D eigenvalue weighted by Crippen LogP contribution is -2.14. The van der Waals surface area contributed by atoms with Crippen molar-refractivity contribution in [2.75, 3.05) is 10.0 Å². The maximum atomic E-state index is 12.7. The van der Waals surface area contributed by atoms with Gasteiger partial charge in [0.15, 0.2) is 4.96 Å². The first-order valence-corrected chi connectivity index (χ1v) is 11.8. The van der Waals surface area contributed by atoms with Gasteiger partial charge in [-0.3, -0.25) is 13.9 Å². The first kappa shape index (κ1) is 20.1.